The van der Waals surface area contributed by atoms with Crippen molar-refractivity contribution in [3.8, 4) is 0 Å². The van der Waals surface area contributed by atoms with E-state index in [0.717, 1.165) is 18.4 Å². The summed E-state index contributed by atoms with van der Waals surface area (Å²) in [7, 11) is 0. The van der Waals surface area contributed by atoms with Crippen LogP contribution < -0.4 is 0 Å². The third kappa shape index (κ3) is 6.64. The highest BCUT2D eigenvalue weighted by molar-refractivity contribution is 5.85. The number of nitrogens with zero attached hydrogens (tertiary/aromatic N) is 1. The first-order chi connectivity index (χ1) is 7.61. The third-order valence-corrected chi connectivity index (χ3v) is 1.40. The second kappa shape index (κ2) is 8.52. The van der Waals surface area contributed by atoms with Crippen LogP contribution in [0.3, 0.4) is 0 Å². The number of esters is 1. The standard InChI is InChI=1S/C11H13F2NO2/c1-3-16-11(15)10(13)7-5-4-6-9(12)8-14-2/h4,6-8H,2-3,5H2,1H3/b6-4-,9-8+,10-7-. The highest BCUT2D eigenvalue weighted by Gasteiger charge is 2.07. The number of hydrogen-bond donors (Lipinski definition) is 0. The van der Waals surface area contributed by atoms with Crippen LogP contribution in [0.4, 0.5) is 8.78 Å². The van der Waals surface area contributed by atoms with Gasteiger partial charge >= 0.3 is 5.97 Å². The summed E-state index contributed by atoms with van der Waals surface area (Å²) in [6.45, 7) is 4.75. The van der Waals surface area contributed by atoms with Gasteiger partial charge in [-0.2, -0.15) is 4.39 Å². The maximum absolute atomic E-state index is 12.9. The van der Waals surface area contributed by atoms with E-state index in [4.69, 9.17) is 0 Å². The number of aliphatic imine (C=N–C) groups is 1. The van der Waals surface area contributed by atoms with Gasteiger partial charge in [-0.15, -0.1) is 0 Å². The molecule has 0 aliphatic heterocycles. The normalized spacial score (nSPS) is 12.9. The molecular weight excluding hydrogens is 216 g/mol. The van der Waals surface area contributed by atoms with Gasteiger partial charge in [0, 0.05) is 0 Å². The number of allylic oxidation sites excluding steroid dienone is 4. The summed E-state index contributed by atoms with van der Waals surface area (Å²) in [5.41, 5.74) is 0. The van der Waals surface area contributed by atoms with Crippen molar-refractivity contribution in [1.82, 2.24) is 0 Å². The minimum atomic E-state index is -1.01. The maximum atomic E-state index is 12.9. The summed E-state index contributed by atoms with van der Waals surface area (Å²) < 4.78 is 29.9. The van der Waals surface area contributed by atoms with Gasteiger partial charge in [0.2, 0.25) is 5.83 Å². The minimum absolute atomic E-state index is 0.0864. The first-order valence-corrected chi connectivity index (χ1v) is 4.62. The van der Waals surface area contributed by atoms with Crippen LogP contribution in [0.15, 0.2) is 41.1 Å². The number of carbonyl (C=O) groups excluding carboxylic acids is 1. The Kier molecular flexibility index (Phi) is 7.57. The minimum Gasteiger partial charge on any atom is -0.461 e. The van der Waals surface area contributed by atoms with Gasteiger partial charge in [0.15, 0.2) is 0 Å². The molecule has 0 radical (unpaired) electrons. The fourth-order valence-corrected chi connectivity index (χ4v) is 0.766. The highest BCUT2D eigenvalue weighted by Crippen LogP contribution is 2.04. The summed E-state index contributed by atoms with van der Waals surface area (Å²) in [5.74, 6) is -2.60. The van der Waals surface area contributed by atoms with E-state index in [1.165, 1.54) is 6.08 Å². The number of rotatable bonds is 6. The zero-order valence-electron chi connectivity index (χ0n) is 8.95. The monoisotopic (exact) mass is 229 g/mol. The first-order valence-electron chi connectivity index (χ1n) is 4.62. The summed E-state index contributed by atoms with van der Waals surface area (Å²) in [6.07, 6.45) is 4.45. The van der Waals surface area contributed by atoms with Crippen molar-refractivity contribution in [2.75, 3.05) is 6.61 Å². The van der Waals surface area contributed by atoms with E-state index in [-0.39, 0.29) is 13.0 Å². The van der Waals surface area contributed by atoms with Gasteiger partial charge in [0.1, 0.15) is 5.83 Å². The van der Waals surface area contributed by atoms with Crippen molar-refractivity contribution in [2.24, 2.45) is 4.99 Å². The Morgan fingerprint density at radius 2 is 2.19 bits per heavy atom. The van der Waals surface area contributed by atoms with Gasteiger partial charge in [0.25, 0.3) is 0 Å². The molecule has 0 aromatic heterocycles. The van der Waals surface area contributed by atoms with E-state index >= 15 is 0 Å². The quantitative estimate of drug-likeness (QED) is 0.304. The van der Waals surface area contributed by atoms with Gasteiger partial charge in [-0.3, -0.25) is 4.99 Å². The molecule has 88 valence electrons. The van der Waals surface area contributed by atoms with Gasteiger partial charge < -0.3 is 4.74 Å². The SMILES string of the molecule is C=N/C=C(F)\C=C/C/C=C(\F)C(=O)OCC. The van der Waals surface area contributed by atoms with E-state index in [2.05, 4.69) is 16.4 Å². The Balaban J connectivity index is 4.13. The molecule has 16 heavy (non-hydrogen) atoms. The zero-order valence-corrected chi connectivity index (χ0v) is 8.95. The molecule has 0 aromatic carbocycles. The van der Waals surface area contributed by atoms with Crippen LogP contribution >= 0.6 is 0 Å². The predicted molar refractivity (Wildman–Crippen MR) is 58.3 cm³/mol. The zero-order chi connectivity index (χ0) is 12.4. The summed E-state index contributed by atoms with van der Waals surface area (Å²) in [6, 6.07) is 0. The van der Waals surface area contributed by atoms with Crippen molar-refractivity contribution in [1.29, 1.82) is 0 Å². The number of hydrogen-bond acceptors (Lipinski definition) is 3. The molecule has 0 aliphatic rings. The molecule has 0 N–H and O–H groups in total. The highest BCUT2D eigenvalue weighted by atomic mass is 19.1. The molecule has 0 spiro atoms. The van der Waals surface area contributed by atoms with Crippen LogP contribution in [0.1, 0.15) is 13.3 Å². The van der Waals surface area contributed by atoms with E-state index < -0.39 is 17.6 Å². The van der Waals surface area contributed by atoms with Crippen molar-refractivity contribution in [3.05, 3.63) is 36.1 Å². The number of carbonyl (C=O) groups is 1. The number of halogens is 2. The Bertz CT molecular complexity index is 333. The molecule has 0 heterocycles. The lowest BCUT2D eigenvalue weighted by atomic mass is 10.3. The van der Waals surface area contributed by atoms with Crippen LogP contribution in [0.5, 0.6) is 0 Å². The average molecular weight is 229 g/mol. The van der Waals surface area contributed by atoms with Crippen LogP contribution in [0, 0.1) is 0 Å². The number of ether oxygens (including phenoxy) is 1. The van der Waals surface area contributed by atoms with E-state index in [0.29, 0.717) is 0 Å². The van der Waals surface area contributed by atoms with Crippen molar-refractivity contribution in [3.63, 3.8) is 0 Å². The molecule has 0 fully saturated rings. The van der Waals surface area contributed by atoms with E-state index in [1.54, 1.807) is 6.92 Å². The first kappa shape index (κ1) is 14.2. The lowest BCUT2D eigenvalue weighted by molar-refractivity contribution is -0.140. The molecule has 0 aliphatic carbocycles. The van der Waals surface area contributed by atoms with Gasteiger partial charge in [-0.05, 0) is 32.2 Å². The molecular formula is C11H13F2NO2. The van der Waals surface area contributed by atoms with E-state index in [9.17, 15) is 13.6 Å². The molecule has 0 rings (SSSR count). The predicted octanol–water partition coefficient (Wildman–Crippen LogP) is 2.86. The molecule has 0 atom stereocenters. The molecule has 5 heteroatoms. The largest absolute Gasteiger partial charge is 0.461 e. The van der Waals surface area contributed by atoms with Crippen molar-refractivity contribution >= 4 is 12.7 Å². The van der Waals surface area contributed by atoms with Crippen LogP contribution in [0.25, 0.3) is 0 Å². The van der Waals surface area contributed by atoms with Crippen LogP contribution in [-0.2, 0) is 9.53 Å². The third-order valence-electron chi connectivity index (χ3n) is 1.40. The molecule has 0 saturated heterocycles. The Hall–Kier alpha value is -1.78. The average Bonchev–Trinajstić information content (AvgIpc) is 2.24. The molecule has 0 aromatic rings. The van der Waals surface area contributed by atoms with Crippen LogP contribution in [0.2, 0.25) is 0 Å². The summed E-state index contributed by atoms with van der Waals surface area (Å²) in [5, 5.41) is 0. The van der Waals surface area contributed by atoms with Crippen molar-refractivity contribution < 1.29 is 18.3 Å². The second-order valence-electron chi connectivity index (χ2n) is 2.61. The Labute approximate surface area is 92.8 Å². The molecule has 0 unspecified atom stereocenters. The van der Waals surface area contributed by atoms with E-state index in [1.807, 2.05) is 0 Å². The maximum Gasteiger partial charge on any atom is 0.366 e. The fourth-order valence-electron chi connectivity index (χ4n) is 0.766. The molecule has 0 bridgehead atoms. The Morgan fingerprint density at radius 3 is 2.75 bits per heavy atom. The molecule has 0 amide bonds. The van der Waals surface area contributed by atoms with Gasteiger partial charge in [-0.1, -0.05) is 6.08 Å². The molecule has 3 nitrogen and oxygen atoms in total. The van der Waals surface area contributed by atoms with Gasteiger partial charge in [-0.25, -0.2) is 9.18 Å². The fraction of sp³-hybridized carbons (Fsp3) is 0.273. The lowest BCUT2D eigenvalue weighted by Gasteiger charge is -1.96. The van der Waals surface area contributed by atoms with Crippen LogP contribution in [-0.4, -0.2) is 19.3 Å². The lowest BCUT2D eigenvalue weighted by Crippen LogP contribution is -2.03. The van der Waals surface area contributed by atoms with Crippen molar-refractivity contribution in [2.45, 2.75) is 13.3 Å². The Morgan fingerprint density at radius 1 is 1.50 bits per heavy atom. The second-order valence-corrected chi connectivity index (χ2v) is 2.61. The summed E-state index contributed by atoms with van der Waals surface area (Å²) >= 11 is 0. The summed E-state index contributed by atoms with van der Waals surface area (Å²) in [4.78, 5) is 14.0. The van der Waals surface area contributed by atoms with Gasteiger partial charge in [0.05, 0.1) is 12.8 Å². The topological polar surface area (TPSA) is 38.7 Å². The molecule has 0 saturated carbocycles. The smallest absolute Gasteiger partial charge is 0.366 e.